The zero-order valence-electron chi connectivity index (χ0n) is 20.6. The summed E-state index contributed by atoms with van der Waals surface area (Å²) in [7, 11) is -3.79. The number of benzene rings is 3. The Morgan fingerprint density at radius 1 is 0.861 bits per heavy atom. The van der Waals surface area contributed by atoms with Crippen LogP contribution in [-0.2, 0) is 10.0 Å². The van der Waals surface area contributed by atoms with Gasteiger partial charge in [-0.3, -0.25) is 4.79 Å². The Morgan fingerprint density at radius 2 is 1.47 bits per heavy atom. The first-order chi connectivity index (χ1) is 17.2. The summed E-state index contributed by atoms with van der Waals surface area (Å²) < 4.78 is 23.1. The molecule has 1 aliphatic heterocycles. The molecule has 6 nitrogen and oxygen atoms in total. The first-order valence-corrected chi connectivity index (χ1v) is 13.9. The molecule has 0 unspecified atom stereocenters. The van der Waals surface area contributed by atoms with Crippen LogP contribution in [0.1, 0.15) is 38.2 Å². The summed E-state index contributed by atoms with van der Waals surface area (Å²) in [5, 5.41) is 6.10. The maximum absolute atomic E-state index is 12.7. The molecule has 0 bridgehead atoms. The maximum atomic E-state index is 12.7. The normalized spacial score (nSPS) is 15.6. The number of hydrogen-bond donors (Lipinski definition) is 2. The number of pyridine rings is 1. The molecule has 5 rings (SSSR count). The summed E-state index contributed by atoms with van der Waals surface area (Å²) in [6.07, 6.45) is 2.39. The van der Waals surface area contributed by atoms with E-state index in [-0.39, 0.29) is 10.5 Å². The zero-order chi connectivity index (χ0) is 25.4. The van der Waals surface area contributed by atoms with Crippen LogP contribution in [0.5, 0.6) is 0 Å². The number of H-pyrrole nitrogens is 1. The molecule has 1 fully saturated rings. The quantitative estimate of drug-likeness (QED) is 0.398. The lowest BCUT2D eigenvalue weighted by Gasteiger charge is -2.34. The smallest absolute Gasteiger partial charge is 0.256 e. The standard InChI is InChI=1S/C29H31N3O3S/c1-19(2)32-15-13-22(14-16-32)20-3-5-21(6-4-20)24-9-12-28-25(17-24)18-27(29(33)31-28)23-7-10-26(11-8-23)36(30,34)35/h3-12,17-19,22H,13-16H2,1-2H3,(H,31,33)(H2,30,34,35). The van der Waals surface area contributed by atoms with Crippen LogP contribution >= 0.6 is 0 Å². The highest BCUT2D eigenvalue weighted by Crippen LogP contribution is 2.31. The topological polar surface area (TPSA) is 96.3 Å². The summed E-state index contributed by atoms with van der Waals surface area (Å²) in [5.74, 6) is 0.610. The Kier molecular flexibility index (Phi) is 6.55. The molecule has 0 radical (unpaired) electrons. The van der Waals surface area contributed by atoms with Gasteiger partial charge in [0.05, 0.1) is 4.90 Å². The van der Waals surface area contributed by atoms with E-state index in [2.05, 4.69) is 54.1 Å². The number of aromatic amines is 1. The van der Waals surface area contributed by atoms with E-state index in [1.54, 1.807) is 12.1 Å². The van der Waals surface area contributed by atoms with Gasteiger partial charge in [-0.1, -0.05) is 42.5 Å². The molecule has 1 aromatic heterocycles. The highest BCUT2D eigenvalue weighted by atomic mass is 32.2. The summed E-state index contributed by atoms with van der Waals surface area (Å²) in [5.41, 5.74) is 5.23. The molecule has 0 amide bonds. The number of piperidine rings is 1. The summed E-state index contributed by atoms with van der Waals surface area (Å²) >= 11 is 0. The fourth-order valence-corrected chi connectivity index (χ4v) is 5.64. The number of rotatable bonds is 5. The second-order valence-electron chi connectivity index (χ2n) is 9.91. The van der Waals surface area contributed by atoms with Crippen molar-refractivity contribution in [3.05, 3.63) is 88.7 Å². The van der Waals surface area contributed by atoms with Gasteiger partial charge in [0, 0.05) is 17.1 Å². The van der Waals surface area contributed by atoms with Crippen LogP contribution in [0.25, 0.3) is 33.2 Å². The predicted molar refractivity (Wildman–Crippen MR) is 145 cm³/mol. The zero-order valence-corrected chi connectivity index (χ0v) is 21.4. The minimum atomic E-state index is -3.79. The van der Waals surface area contributed by atoms with Gasteiger partial charge in [-0.2, -0.15) is 0 Å². The third-order valence-corrected chi connectivity index (χ3v) is 8.24. The number of sulfonamides is 1. The van der Waals surface area contributed by atoms with Crippen molar-refractivity contribution in [2.24, 2.45) is 5.14 Å². The maximum Gasteiger partial charge on any atom is 0.256 e. The van der Waals surface area contributed by atoms with Gasteiger partial charge in [0.15, 0.2) is 0 Å². The minimum Gasteiger partial charge on any atom is -0.321 e. The van der Waals surface area contributed by atoms with Crippen molar-refractivity contribution in [1.82, 2.24) is 9.88 Å². The Labute approximate surface area is 211 Å². The Bertz CT molecular complexity index is 1550. The molecule has 3 aromatic carbocycles. The van der Waals surface area contributed by atoms with Crippen molar-refractivity contribution in [2.75, 3.05) is 13.1 Å². The first kappa shape index (κ1) is 24.4. The van der Waals surface area contributed by atoms with Crippen LogP contribution in [0.2, 0.25) is 0 Å². The molecule has 0 atom stereocenters. The number of nitrogens with zero attached hydrogens (tertiary/aromatic N) is 1. The lowest BCUT2D eigenvalue weighted by molar-refractivity contribution is 0.172. The molecule has 186 valence electrons. The van der Waals surface area contributed by atoms with Gasteiger partial charge >= 0.3 is 0 Å². The van der Waals surface area contributed by atoms with E-state index in [9.17, 15) is 13.2 Å². The second kappa shape index (κ2) is 9.65. The molecule has 0 aliphatic carbocycles. The van der Waals surface area contributed by atoms with Gasteiger partial charge in [-0.25, -0.2) is 13.6 Å². The van der Waals surface area contributed by atoms with Gasteiger partial charge in [0.2, 0.25) is 10.0 Å². The molecule has 36 heavy (non-hydrogen) atoms. The van der Waals surface area contributed by atoms with E-state index in [0.717, 1.165) is 35.1 Å². The first-order valence-electron chi connectivity index (χ1n) is 12.3. The van der Waals surface area contributed by atoms with Crippen molar-refractivity contribution in [3.63, 3.8) is 0 Å². The average molecular weight is 502 g/mol. The van der Waals surface area contributed by atoms with Crippen LogP contribution in [-0.4, -0.2) is 37.4 Å². The van der Waals surface area contributed by atoms with E-state index in [1.165, 1.54) is 30.5 Å². The van der Waals surface area contributed by atoms with Crippen LogP contribution in [0, 0.1) is 0 Å². The predicted octanol–water partition coefficient (Wildman–Crippen LogP) is 5.10. The van der Waals surface area contributed by atoms with Crippen LogP contribution in [0.15, 0.2) is 82.5 Å². The molecular weight excluding hydrogens is 470 g/mol. The minimum absolute atomic E-state index is 0.0136. The lowest BCUT2D eigenvalue weighted by atomic mass is 9.88. The molecular formula is C29H31N3O3S. The Hall–Kier alpha value is -3.26. The number of aromatic nitrogens is 1. The van der Waals surface area contributed by atoms with Gasteiger partial charge in [-0.05, 0) is 104 Å². The van der Waals surface area contributed by atoms with Crippen LogP contribution < -0.4 is 10.7 Å². The number of nitrogens with two attached hydrogens (primary N) is 1. The molecule has 3 N–H and O–H groups in total. The summed E-state index contributed by atoms with van der Waals surface area (Å²) in [6, 6.07) is 23.4. The molecule has 0 spiro atoms. The van der Waals surface area contributed by atoms with Crippen LogP contribution in [0.3, 0.4) is 0 Å². The van der Waals surface area contributed by atoms with Crippen molar-refractivity contribution in [1.29, 1.82) is 0 Å². The van der Waals surface area contributed by atoms with E-state index in [1.807, 2.05) is 18.2 Å². The van der Waals surface area contributed by atoms with Crippen molar-refractivity contribution in [3.8, 4) is 22.3 Å². The molecule has 1 aliphatic rings. The number of likely N-dealkylation sites (tertiary alicyclic amines) is 1. The molecule has 0 saturated carbocycles. The lowest BCUT2D eigenvalue weighted by Crippen LogP contribution is -2.37. The average Bonchev–Trinajstić information content (AvgIpc) is 2.88. The number of nitrogens with one attached hydrogen (secondary N) is 1. The van der Waals surface area contributed by atoms with E-state index < -0.39 is 10.0 Å². The number of fused-ring (bicyclic) bond motifs is 1. The number of primary sulfonamides is 1. The van der Waals surface area contributed by atoms with Gasteiger partial charge in [0.1, 0.15) is 0 Å². The fraction of sp³-hybridized carbons (Fsp3) is 0.276. The van der Waals surface area contributed by atoms with Crippen LogP contribution in [0.4, 0.5) is 0 Å². The Morgan fingerprint density at radius 3 is 2.08 bits per heavy atom. The Balaban J connectivity index is 1.41. The van der Waals surface area contributed by atoms with Gasteiger partial charge < -0.3 is 9.88 Å². The molecule has 1 saturated heterocycles. The largest absolute Gasteiger partial charge is 0.321 e. The van der Waals surface area contributed by atoms with Crippen molar-refractivity contribution < 1.29 is 8.42 Å². The summed E-state index contributed by atoms with van der Waals surface area (Å²) in [4.78, 5) is 18.2. The molecule has 7 heteroatoms. The second-order valence-corrected chi connectivity index (χ2v) is 11.5. The van der Waals surface area contributed by atoms with E-state index in [0.29, 0.717) is 23.1 Å². The molecule has 2 heterocycles. The van der Waals surface area contributed by atoms with Gasteiger partial charge in [-0.15, -0.1) is 0 Å². The van der Waals surface area contributed by atoms with Crippen molar-refractivity contribution >= 4 is 20.9 Å². The van der Waals surface area contributed by atoms with Crippen molar-refractivity contribution in [2.45, 2.75) is 43.5 Å². The highest BCUT2D eigenvalue weighted by Gasteiger charge is 2.22. The summed E-state index contributed by atoms with van der Waals surface area (Å²) in [6.45, 7) is 6.84. The van der Waals surface area contributed by atoms with E-state index >= 15 is 0 Å². The third-order valence-electron chi connectivity index (χ3n) is 7.31. The monoisotopic (exact) mass is 501 g/mol. The van der Waals surface area contributed by atoms with Gasteiger partial charge in [0.25, 0.3) is 5.56 Å². The third kappa shape index (κ3) is 5.00. The highest BCUT2D eigenvalue weighted by molar-refractivity contribution is 7.89. The molecule has 4 aromatic rings. The SMILES string of the molecule is CC(C)N1CCC(c2ccc(-c3ccc4[nH]c(=O)c(-c5ccc(S(N)(=O)=O)cc5)cc4c3)cc2)CC1. The number of hydrogen-bond acceptors (Lipinski definition) is 4. The van der Waals surface area contributed by atoms with E-state index in [4.69, 9.17) is 5.14 Å². The fourth-order valence-electron chi connectivity index (χ4n) is 5.12.